The fraction of sp³-hybridized carbons (Fsp3) is 0.882. The van der Waals surface area contributed by atoms with Gasteiger partial charge in [0.2, 0.25) is 5.91 Å². The van der Waals surface area contributed by atoms with Gasteiger partial charge in [-0.3, -0.25) is 9.59 Å². The number of methoxy groups -OCH3 is 1. The highest BCUT2D eigenvalue weighted by atomic mass is 16.5. The van der Waals surface area contributed by atoms with E-state index < -0.39 is 0 Å². The van der Waals surface area contributed by atoms with E-state index in [1.807, 2.05) is 6.92 Å². The third kappa shape index (κ3) is 5.27. The number of hydrogen-bond acceptors (Lipinski definition) is 4. The van der Waals surface area contributed by atoms with Crippen molar-refractivity contribution in [2.24, 2.45) is 5.92 Å². The molecule has 5 nitrogen and oxygen atoms in total. The molecule has 0 aromatic rings. The van der Waals surface area contributed by atoms with Gasteiger partial charge in [-0.25, -0.2) is 0 Å². The molecule has 2 aliphatic carbocycles. The second-order valence-corrected chi connectivity index (χ2v) is 6.73. The first-order valence-corrected chi connectivity index (χ1v) is 8.61. The van der Waals surface area contributed by atoms with Gasteiger partial charge in [-0.2, -0.15) is 0 Å². The molecule has 0 unspecified atom stereocenters. The van der Waals surface area contributed by atoms with E-state index in [1.165, 1.54) is 0 Å². The Labute approximate surface area is 133 Å². The lowest BCUT2D eigenvalue weighted by Crippen LogP contribution is -2.38. The summed E-state index contributed by atoms with van der Waals surface area (Å²) >= 11 is 0. The van der Waals surface area contributed by atoms with E-state index in [1.54, 1.807) is 7.11 Å². The molecule has 2 aliphatic rings. The molecule has 0 spiro atoms. The Hall–Kier alpha value is -1.10. The van der Waals surface area contributed by atoms with Crippen molar-refractivity contribution in [3.8, 4) is 0 Å². The molecule has 2 saturated carbocycles. The highest BCUT2D eigenvalue weighted by molar-refractivity contribution is 5.80. The molecular weight excluding hydrogens is 282 g/mol. The van der Waals surface area contributed by atoms with Crippen LogP contribution in [0, 0.1) is 5.92 Å². The molecule has 2 fully saturated rings. The Bertz CT molecular complexity index is 379. The number of carbonyl (C=O) groups is 2. The van der Waals surface area contributed by atoms with Crippen molar-refractivity contribution in [1.29, 1.82) is 0 Å². The first-order chi connectivity index (χ1) is 10.6. The zero-order valence-electron chi connectivity index (χ0n) is 13.8. The molecule has 2 rings (SSSR count). The van der Waals surface area contributed by atoms with E-state index in [-0.39, 0.29) is 42.5 Å². The maximum atomic E-state index is 12.0. The summed E-state index contributed by atoms with van der Waals surface area (Å²) in [5, 5.41) is 2.95. The van der Waals surface area contributed by atoms with Gasteiger partial charge in [-0.15, -0.1) is 0 Å². The van der Waals surface area contributed by atoms with Gasteiger partial charge in [0.05, 0.1) is 12.5 Å². The lowest BCUT2D eigenvalue weighted by Gasteiger charge is -2.28. The van der Waals surface area contributed by atoms with Gasteiger partial charge in [0.1, 0.15) is 6.10 Å². The van der Waals surface area contributed by atoms with Crippen LogP contribution >= 0.6 is 0 Å². The summed E-state index contributed by atoms with van der Waals surface area (Å²) in [5.74, 6) is 0.00941. The summed E-state index contributed by atoms with van der Waals surface area (Å²) in [6, 6.07) is -0.164. The van der Waals surface area contributed by atoms with Gasteiger partial charge in [0.15, 0.2) is 0 Å². The van der Waals surface area contributed by atoms with Crippen LogP contribution in [0.5, 0.6) is 0 Å². The molecule has 0 aromatic heterocycles. The SMILES string of the molecule is CO[C@@H]1CCC[C@@H](OC(=O)C[C@@H](C)NC(=O)C2CCCC2)C1. The van der Waals surface area contributed by atoms with E-state index >= 15 is 0 Å². The molecule has 1 N–H and O–H groups in total. The summed E-state index contributed by atoms with van der Waals surface area (Å²) in [7, 11) is 1.70. The normalized spacial score (nSPS) is 27.4. The molecule has 0 heterocycles. The van der Waals surface area contributed by atoms with E-state index in [0.717, 1.165) is 51.4 Å². The van der Waals surface area contributed by atoms with Gasteiger partial charge in [0, 0.05) is 25.5 Å². The lowest BCUT2D eigenvalue weighted by molar-refractivity contribution is -0.153. The summed E-state index contributed by atoms with van der Waals surface area (Å²) in [5.41, 5.74) is 0. The predicted molar refractivity (Wildman–Crippen MR) is 83.3 cm³/mol. The summed E-state index contributed by atoms with van der Waals surface area (Å²) in [4.78, 5) is 24.0. The molecule has 0 bridgehead atoms. The molecule has 0 aliphatic heterocycles. The quantitative estimate of drug-likeness (QED) is 0.766. The fourth-order valence-corrected chi connectivity index (χ4v) is 3.51. The number of hydrogen-bond donors (Lipinski definition) is 1. The first-order valence-electron chi connectivity index (χ1n) is 8.61. The third-order valence-electron chi connectivity index (χ3n) is 4.80. The van der Waals surface area contributed by atoms with Crippen molar-refractivity contribution in [2.45, 2.75) is 83.0 Å². The Kier molecular flexibility index (Phi) is 6.68. The van der Waals surface area contributed by atoms with E-state index in [4.69, 9.17) is 9.47 Å². The van der Waals surface area contributed by atoms with Gasteiger partial charge in [-0.05, 0) is 39.0 Å². The monoisotopic (exact) mass is 311 g/mol. The van der Waals surface area contributed by atoms with Crippen LogP contribution in [0.4, 0.5) is 0 Å². The van der Waals surface area contributed by atoms with E-state index in [9.17, 15) is 9.59 Å². The molecule has 22 heavy (non-hydrogen) atoms. The van der Waals surface area contributed by atoms with Crippen molar-refractivity contribution >= 4 is 11.9 Å². The zero-order chi connectivity index (χ0) is 15.9. The smallest absolute Gasteiger partial charge is 0.308 e. The number of amides is 1. The van der Waals surface area contributed by atoms with Crippen molar-refractivity contribution in [3.63, 3.8) is 0 Å². The van der Waals surface area contributed by atoms with Crippen LogP contribution in [0.1, 0.15) is 64.7 Å². The van der Waals surface area contributed by atoms with Crippen LogP contribution < -0.4 is 5.32 Å². The fourth-order valence-electron chi connectivity index (χ4n) is 3.51. The lowest BCUT2D eigenvalue weighted by atomic mass is 9.95. The van der Waals surface area contributed by atoms with Gasteiger partial charge >= 0.3 is 5.97 Å². The Morgan fingerprint density at radius 3 is 2.45 bits per heavy atom. The molecule has 0 aromatic carbocycles. The van der Waals surface area contributed by atoms with Crippen LogP contribution in [-0.2, 0) is 19.1 Å². The molecule has 126 valence electrons. The third-order valence-corrected chi connectivity index (χ3v) is 4.80. The minimum atomic E-state index is -0.221. The molecule has 3 atom stereocenters. The van der Waals surface area contributed by atoms with Crippen LogP contribution in [0.3, 0.4) is 0 Å². The zero-order valence-corrected chi connectivity index (χ0v) is 13.8. The minimum absolute atomic E-state index is 0.0380. The molecular formula is C17H29NO4. The number of esters is 1. The maximum absolute atomic E-state index is 12.0. The van der Waals surface area contributed by atoms with Crippen molar-refractivity contribution in [2.75, 3.05) is 7.11 Å². The first kappa shape index (κ1) is 17.3. The second kappa shape index (κ2) is 8.51. The highest BCUT2D eigenvalue weighted by Gasteiger charge is 2.27. The average Bonchev–Trinajstić information content (AvgIpc) is 3.01. The topological polar surface area (TPSA) is 64.6 Å². The number of ether oxygens (including phenoxy) is 2. The van der Waals surface area contributed by atoms with E-state index in [2.05, 4.69) is 5.32 Å². The van der Waals surface area contributed by atoms with Crippen molar-refractivity contribution < 1.29 is 19.1 Å². The van der Waals surface area contributed by atoms with Gasteiger partial charge in [0.25, 0.3) is 0 Å². The maximum Gasteiger partial charge on any atom is 0.308 e. The van der Waals surface area contributed by atoms with Gasteiger partial charge < -0.3 is 14.8 Å². The average molecular weight is 311 g/mol. The number of nitrogens with one attached hydrogen (secondary N) is 1. The molecule has 1 amide bonds. The second-order valence-electron chi connectivity index (χ2n) is 6.73. The summed E-state index contributed by atoms with van der Waals surface area (Å²) in [6.45, 7) is 1.87. The number of carbonyl (C=O) groups excluding carboxylic acids is 2. The molecule has 5 heteroatoms. The van der Waals surface area contributed by atoms with Crippen LogP contribution in [0.15, 0.2) is 0 Å². The highest BCUT2D eigenvalue weighted by Crippen LogP contribution is 2.25. The van der Waals surface area contributed by atoms with Crippen LogP contribution in [0.2, 0.25) is 0 Å². The van der Waals surface area contributed by atoms with Gasteiger partial charge in [-0.1, -0.05) is 12.8 Å². The van der Waals surface area contributed by atoms with Crippen molar-refractivity contribution in [3.05, 3.63) is 0 Å². The largest absolute Gasteiger partial charge is 0.462 e. The molecule has 0 saturated heterocycles. The Morgan fingerprint density at radius 2 is 1.77 bits per heavy atom. The Balaban J connectivity index is 1.68. The predicted octanol–water partition coefficient (Wildman–Crippen LogP) is 2.57. The van der Waals surface area contributed by atoms with Crippen molar-refractivity contribution in [1.82, 2.24) is 5.32 Å². The van der Waals surface area contributed by atoms with E-state index in [0.29, 0.717) is 0 Å². The standard InChI is InChI=1S/C17H29NO4/c1-12(18-17(20)13-6-3-4-7-13)10-16(19)22-15-9-5-8-14(11-15)21-2/h12-15H,3-11H2,1-2H3,(H,18,20)/t12-,14-,15-/m1/s1. The summed E-state index contributed by atoms with van der Waals surface area (Å²) in [6.07, 6.45) is 8.39. The van der Waals surface area contributed by atoms with Crippen LogP contribution in [0.25, 0.3) is 0 Å². The van der Waals surface area contributed by atoms with Crippen LogP contribution in [-0.4, -0.2) is 37.2 Å². The molecule has 0 radical (unpaired) electrons. The minimum Gasteiger partial charge on any atom is -0.462 e. The Morgan fingerprint density at radius 1 is 1.09 bits per heavy atom. The number of rotatable bonds is 6. The summed E-state index contributed by atoms with van der Waals surface area (Å²) < 4.78 is 10.9.